The van der Waals surface area contributed by atoms with Gasteiger partial charge in [0.1, 0.15) is 11.1 Å². The van der Waals surface area contributed by atoms with Gasteiger partial charge in [0.15, 0.2) is 0 Å². The Morgan fingerprint density at radius 2 is 1.30 bits per heavy atom. The van der Waals surface area contributed by atoms with Crippen LogP contribution in [0.5, 0.6) is 0 Å². The highest BCUT2D eigenvalue weighted by Gasteiger charge is 2.42. The summed E-state index contributed by atoms with van der Waals surface area (Å²) < 4.78 is 10.5. The molecule has 0 aliphatic heterocycles. The Morgan fingerprint density at radius 1 is 0.787 bits per heavy atom. The molecule has 47 heavy (non-hydrogen) atoms. The molecule has 0 spiro atoms. The number of amides is 3. The van der Waals surface area contributed by atoms with Crippen LogP contribution in [0.1, 0.15) is 69.6 Å². The number of hydrogen-bond donors (Lipinski definition) is 3. The zero-order valence-electron chi connectivity index (χ0n) is 28.1. The number of rotatable bonds is 14. The number of ether oxygens (including phenoxy) is 2. The first-order valence-corrected chi connectivity index (χ1v) is 17.4. The van der Waals surface area contributed by atoms with Gasteiger partial charge in [-0.05, 0) is 50.3 Å². The van der Waals surface area contributed by atoms with E-state index >= 15 is 0 Å². The van der Waals surface area contributed by atoms with Crippen molar-refractivity contribution in [1.82, 2.24) is 16.0 Å². The van der Waals surface area contributed by atoms with Crippen LogP contribution in [0, 0.1) is 5.92 Å². The number of nitrogens with one attached hydrogen (secondary N) is 3. The molecular weight excluding hydrogens is 611 g/mol. The zero-order chi connectivity index (χ0) is 33.8. The number of methoxy groups -OCH3 is 1. The lowest BCUT2D eigenvalue weighted by atomic mass is 9.81. The Hall–Kier alpha value is -3.82. The third-order valence-corrected chi connectivity index (χ3v) is 10.1. The highest BCUT2D eigenvalue weighted by Crippen LogP contribution is 2.49. The standard InChI is InChI=1S/C38H49N3O5S/c1-36(2,3)46-35(44)41-37(23-15-8-16-24-37)34(43)40-26-33(42)39-25-29(27-45-4)28-47-38(30-17-9-5-10-18-30,31-19-11-6-12-20-31)32-21-13-7-14-22-32/h5-7,9-14,17-22,29H,8,15-16,23-28H2,1-4H3,(H,39,42)(H,40,43)(H,41,44)/t29-/m1/s1. The maximum absolute atomic E-state index is 13.4. The van der Waals surface area contributed by atoms with Gasteiger partial charge in [-0.1, -0.05) is 110 Å². The molecule has 3 amide bonds. The van der Waals surface area contributed by atoms with Crippen molar-refractivity contribution in [2.24, 2.45) is 5.92 Å². The Labute approximate surface area is 283 Å². The van der Waals surface area contributed by atoms with Crippen LogP contribution in [0.2, 0.25) is 0 Å². The monoisotopic (exact) mass is 659 g/mol. The molecule has 3 N–H and O–H groups in total. The molecule has 4 rings (SSSR count). The van der Waals surface area contributed by atoms with E-state index in [1.807, 2.05) is 30.0 Å². The molecule has 3 aromatic rings. The summed E-state index contributed by atoms with van der Waals surface area (Å²) >= 11 is 1.82. The van der Waals surface area contributed by atoms with Crippen molar-refractivity contribution in [1.29, 1.82) is 0 Å². The zero-order valence-corrected chi connectivity index (χ0v) is 28.9. The largest absolute Gasteiger partial charge is 0.444 e. The van der Waals surface area contributed by atoms with Crippen molar-refractivity contribution in [2.45, 2.75) is 68.8 Å². The van der Waals surface area contributed by atoms with E-state index in [9.17, 15) is 14.4 Å². The molecule has 1 aliphatic rings. The van der Waals surface area contributed by atoms with Crippen LogP contribution in [0.25, 0.3) is 0 Å². The summed E-state index contributed by atoms with van der Waals surface area (Å²) in [5.74, 6) is 0.0367. The quantitative estimate of drug-likeness (QED) is 0.172. The molecule has 8 nitrogen and oxygen atoms in total. The number of thioether (sulfide) groups is 1. The normalized spacial score (nSPS) is 15.2. The summed E-state index contributed by atoms with van der Waals surface area (Å²) in [5.41, 5.74) is 1.73. The molecule has 0 heterocycles. The van der Waals surface area contributed by atoms with Crippen LogP contribution in [-0.2, 0) is 23.8 Å². The van der Waals surface area contributed by atoms with Crippen LogP contribution in [0.15, 0.2) is 91.0 Å². The maximum atomic E-state index is 13.4. The molecule has 0 radical (unpaired) electrons. The highest BCUT2D eigenvalue weighted by molar-refractivity contribution is 8.00. The molecule has 0 bridgehead atoms. The number of hydrogen-bond acceptors (Lipinski definition) is 6. The fraction of sp³-hybridized carbons (Fsp3) is 0.447. The van der Waals surface area contributed by atoms with Gasteiger partial charge in [0.25, 0.3) is 0 Å². The first-order valence-electron chi connectivity index (χ1n) is 16.4. The van der Waals surface area contributed by atoms with E-state index in [1.54, 1.807) is 27.9 Å². The molecule has 252 valence electrons. The van der Waals surface area contributed by atoms with E-state index in [0.29, 0.717) is 31.7 Å². The molecular formula is C38H49N3O5S. The van der Waals surface area contributed by atoms with E-state index in [-0.39, 0.29) is 24.3 Å². The lowest BCUT2D eigenvalue weighted by Crippen LogP contribution is -2.61. The lowest BCUT2D eigenvalue weighted by Gasteiger charge is -2.37. The van der Waals surface area contributed by atoms with Gasteiger partial charge in [0.05, 0.1) is 17.9 Å². The molecule has 1 atom stereocenters. The lowest BCUT2D eigenvalue weighted by molar-refractivity contribution is -0.131. The number of alkyl carbamates (subject to hydrolysis) is 1. The Bertz CT molecular complexity index is 1330. The minimum atomic E-state index is -1.09. The third kappa shape index (κ3) is 9.84. The van der Waals surface area contributed by atoms with Crippen LogP contribution in [0.4, 0.5) is 4.79 Å². The van der Waals surface area contributed by atoms with Crippen molar-refractivity contribution in [3.05, 3.63) is 108 Å². The van der Waals surface area contributed by atoms with Crippen LogP contribution < -0.4 is 16.0 Å². The molecule has 9 heteroatoms. The summed E-state index contributed by atoms with van der Waals surface area (Å²) in [7, 11) is 1.67. The van der Waals surface area contributed by atoms with Crippen molar-refractivity contribution in [2.75, 3.05) is 32.6 Å². The minimum absolute atomic E-state index is 0.00122. The van der Waals surface area contributed by atoms with E-state index in [4.69, 9.17) is 9.47 Å². The van der Waals surface area contributed by atoms with Gasteiger partial charge < -0.3 is 25.4 Å². The van der Waals surface area contributed by atoms with Gasteiger partial charge in [-0.15, -0.1) is 11.8 Å². The number of benzene rings is 3. The molecule has 1 saturated carbocycles. The van der Waals surface area contributed by atoms with Gasteiger partial charge in [-0.2, -0.15) is 0 Å². The second-order valence-electron chi connectivity index (χ2n) is 13.2. The fourth-order valence-electron chi connectivity index (χ4n) is 6.13. The average Bonchev–Trinajstić information content (AvgIpc) is 3.07. The number of carbonyl (C=O) groups is 3. The predicted molar refractivity (Wildman–Crippen MR) is 188 cm³/mol. The first-order chi connectivity index (χ1) is 22.6. The van der Waals surface area contributed by atoms with Gasteiger partial charge >= 0.3 is 6.09 Å². The van der Waals surface area contributed by atoms with Crippen molar-refractivity contribution in [3.8, 4) is 0 Å². The Balaban J connectivity index is 1.43. The summed E-state index contributed by atoms with van der Waals surface area (Å²) in [6.45, 7) is 5.99. The molecule has 3 aromatic carbocycles. The summed E-state index contributed by atoms with van der Waals surface area (Å²) in [4.78, 5) is 39.0. The van der Waals surface area contributed by atoms with Gasteiger partial charge in [-0.3, -0.25) is 9.59 Å². The Kier molecular flexibility index (Phi) is 12.9. The molecule has 0 saturated heterocycles. The van der Waals surface area contributed by atoms with E-state index in [2.05, 4.69) is 88.7 Å². The predicted octanol–water partition coefficient (Wildman–Crippen LogP) is 6.43. The van der Waals surface area contributed by atoms with Crippen molar-refractivity contribution in [3.63, 3.8) is 0 Å². The molecule has 0 unspecified atom stereocenters. The fourth-order valence-corrected chi connectivity index (χ4v) is 7.73. The highest BCUT2D eigenvalue weighted by atomic mass is 32.2. The van der Waals surface area contributed by atoms with Crippen molar-refractivity contribution < 1.29 is 23.9 Å². The Morgan fingerprint density at radius 3 is 1.77 bits per heavy atom. The van der Waals surface area contributed by atoms with Gasteiger partial charge in [0.2, 0.25) is 11.8 Å². The van der Waals surface area contributed by atoms with E-state index < -0.39 is 22.0 Å². The maximum Gasteiger partial charge on any atom is 0.408 e. The molecule has 1 aliphatic carbocycles. The number of carbonyl (C=O) groups excluding carboxylic acids is 3. The molecule has 1 fully saturated rings. The van der Waals surface area contributed by atoms with Crippen LogP contribution in [0.3, 0.4) is 0 Å². The summed E-state index contributed by atoms with van der Waals surface area (Å²) in [6, 6.07) is 31.5. The second kappa shape index (κ2) is 16.8. The first kappa shape index (κ1) is 36.0. The topological polar surface area (TPSA) is 106 Å². The smallest absolute Gasteiger partial charge is 0.408 e. The van der Waals surface area contributed by atoms with Gasteiger partial charge in [-0.25, -0.2) is 4.79 Å². The SMILES string of the molecule is COC[C@@H](CNC(=O)CNC(=O)C1(NC(=O)OC(C)(C)C)CCCCC1)CSC(c1ccccc1)(c1ccccc1)c1ccccc1. The summed E-state index contributed by atoms with van der Waals surface area (Å²) in [6.07, 6.45) is 2.98. The minimum Gasteiger partial charge on any atom is -0.444 e. The van der Waals surface area contributed by atoms with Gasteiger partial charge in [0, 0.05) is 25.3 Å². The van der Waals surface area contributed by atoms with E-state index in [0.717, 1.165) is 19.3 Å². The van der Waals surface area contributed by atoms with Crippen molar-refractivity contribution >= 4 is 29.7 Å². The van der Waals surface area contributed by atoms with Crippen LogP contribution in [-0.4, -0.2) is 61.6 Å². The molecule has 0 aromatic heterocycles. The average molecular weight is 660 g/mol. The third-order valence-electron chi connectivity index (χ3n) is 8.36. The summed E-state index contributed by atoms with van der Waals surface area (Å²) in [5, 5.41) is 8.61. The van der Waals surface area contributed by atoms with E-state index in [1.165, 1.54) is 16.7 Å². The van der Waals surface area contributed by atoms with Crippen LogP contribution >= 0.6 is 11.8 Å². The second-order valence-corrected chi connectivity index (χ2v) is 14.4.